The van der Waals surface area contributed by atoms with Crippen molar-refractivity contribution in [3.8, 4) is 0 Å². The molecule has 0 spiro atoms. The summed E-state index contributed by atoms with van der Waals surface area (Å²) in [5, 5.41) is 11.9. The van der Waals surface area contributed by atoms with E-state index >= 15 is 0 Å². The highest BCUT2D eigenvalue weighted by Gasteiger charge is 2.41. The quantitative estimate of drug-likeness (QED) is 0.836. The van der Waals surface area contributed by atoms with E-state index in [1.54, 1.807) is 12.1 Å². The van der Waals surface area contributed by atoms with Crippen molar-refractivity contribution in [3.63, 3.8) is 0 Å². The fourth-order valence-electron chi connectivity index (χ4n) is 2.54. The van der Waals surface area contributed by atoms with Crippen molar-refractivity contribution in [2.75, 3.05) is 5.32 Å². The number of nitrogens with zero attached hydrogens (tertiary/aromatic N) is 1. The number of hydrogen-bond acceptors (Lipinski definition) is 3. The predicted molar refractivity (Wildman–Crippen MR) is 73.6 cm³/mol. The second-order valence-electron chi connectivity index (χ2n) is 4.99. The number of halogens is 1. The number of hydrogen-bond donors (Lipinski definition) is 2. The molecule has 3 unspecified atom stereocenters. The molecule has 102 valence electrons. The molecule has 3 atom stereocenters. The first-order valence-electron chi connectivity index (χ1n) is 6.12. The molecule has 2 N–H and O–H groups in total. The van der Waals surface area contributed by atoms with Crippen LogP contribution in [-0.4, -0.2) is 22.0 Å². The fraction of sp³-hybridized carbons (Fsp3) is 0.462. The Morgan fingerprint density at radius 3 is 2.63 bits per heavy atom. The number of carboxylic acids is 1. The molecule has 1 fully saturated rings. The molecule has 6 heteroatoms. The van der Waals surface area contributed by atoms with Crippen molar-refractivity contribution >= 4 is 33.5 Å². The molecule has 1 aromatic heterocycles. The summed E-state index contributed by atoms with van der Waals surface area (Å²) in [5.74, 6) is -1.91. The van der Waals surface area contributed by atoms with Gasteiger partial charge in [0.2, 0.25) is 5.91 Å². The van der Waals surface area contributed by atoms with E-state index in [2.05, 4.69) is 26.2 Å². The lowest BCUT2D eigenvalue weighted by Gasteiger charge is -2.15. The molecule has 1 amide bonds. The van der Waals surface area contributed by atoms with E-state index in [1.807, 2.05) is 6.92 Å². The SMILES string of the molecule is CC1CC(C(=O)O)C(C(=O)Nc2ccc(Br)nc2)C1. The van der Waals surface area contributed by atoms with Crippen LogP contribution in [-0.2, 0) is 9.59 Å². The first-order chi connectivity index (χ1) is 8.97. The number of anilines is 1. The first-order valence-corrected chi connectivity index (χ1v) is 6.92. The minimum atomic E-state index is -0.890. The van der Waals surface area contributed by atoms with Gasteiger partial charge >= 0.3 is 5.97 Å². The Labute approximate surface area is 119 Å². The summed E-state index contributed by atoms with van der Waals surface area (Å²) in [6.07, 6.45) is 2.72. The van der Waals surface area contributed by atoms with Crippen LogP contribution < -0.4 is 5.32 Å². The largest absolute Gasteiger partial charge is 0.481 e. The standard InChI is InChI=1S/C13H15BrN2O3/c1-7-4-9(10(5-7)13(18)19)12(17)16-8-2-3-11(14)15-6-8/h2-3,6-7,9-10H,4-5H2,1H3,(H,16,17)(H,18,19). The summed E-state index contributed by atoms with van der Waals surface area (Å²) in [5.41, 5.74) is 0.580. The molecule has 1 saturated carbocycles. The third kappa shape index (κ3) is 3.32. The molecular weight excluding hydrogens is 312 g/mol. The number of aliphatic carboxylic acids is 1. The second-order valence-corrected chi connectivity index (χ2v) is 5.80. The molecular formula is C13H15BrN2O3. The van der Waals surface area contributed by atoms with Crippen LogP contribution in [0.2, 0.25) is 0 Å². The zero-order valence-electron chi connectivity index (χ0n) is 10.5. The average Bonchev–Trinajstić information content (AvgIpc) is 2.74. The van der Waals surface area contributed by atoms with E-state index in [-0.39, 0.29) is 11.8 Å². The van der Waals surface area contributed by atoms with Gasteiger partial charge in [0, 0.05) is 0 Å². The summed E-state index contributed by atoms with van der Waals surface area (Å²) in [6.45, 7) is 1.98. The van der Waals surface area contributed by atoms with Crippen LogP contribution in [0, 0.1) is 17.8 Å². The second kappa shape index (κ2) is 5.69. The lowest BCUT2D eigenvalue weighted by atomic mass is 9.95. The number of carbonyl (C=O) groups excluding carboxylic acids is 1. The Hall–Kier alpha value is -1.43. The van der Waals surface area contributed by atoms with E-state index in [0.717, 1.165) is 0 Å². The van der Waals surface area contributed by atoms with Gasteiger partial charge in [-0.25, -0.2) is 4.98 Å². The van der Waals surface area contributed by atoms with Gasteiger partial charge in [-0.15, -0.1) is 0 Å². The van der Waals surface area contributed by atoms with Gasteiger partial charge in [-0.2, -0.15) is 0 Å². The topological polar surface area (TPSA) is 79.3 Å². The van der Waals surface area contributed by atoms with Gasteiger partial charge in [0.15, 0.2) is 0 Å². The molecule has 2 rings (SSSR count). The van der Waals surface area contributed by atoms with Gasteiger partial charge in [0.25, 0.3) is 0 Å². The summed E-state index contributed by atoms with van der Waals surface area (Å²) in [4.78, 5) is 27.3. The normalized spacial score (nSPS) is 26.1. The summed E-state index contributed by atoms with van der Waals surface area (Å²) in [6, 6.07) is 3.45. The minimum Gasteiger partial charge on any atom is -0.481 e. The number of amides is 1. The number of aromatic nitrogens is 1. The van der Waals surface area contributed by atoms with E-state index < -0.39 is 17.8 Å². The van der Waals surface area contributed by atoms with E-state index in [1.165, 1.54) is 6.20 Å². The Kier molecular flexibility index (Phi) is 4.19. The van der Waals surface area contributed by atoms with Gasteiger partial charge in [-0.3, -0.25) is 9.59 Å². The lowest BCUT2D eigenvalue weighted by Crippen LogP contribution is -2.30. The van der Waals surface area contributed by atoms with Crippen molar-refractivity contribution < 1.29 is 14.7 Å². The van der Waals surface area contributed by atoms with Crippen LogP contribution in [0.15, 0.2) is 22.9 Å². The van der Waals surface area contributed by atoms with Crippen molar-refractivity contribution in [1.82, 2.24) is 4.98 Å². The van der Waals surface area contributed by atoms with E-state index in [9.17, 15) is 9.59 Å². The van der Waals surface area contributed by atoms with Crippen LogP contribution in [0.5, 0.6) is 0 Å². The molecule has 5 nitrogen and oxygen atoms in total. The number of rotatable bonds is 3. The third-order valence-corrected chi connectivity index (χ3v) is 3.92. The number of nitrogens with one attached hydrogen (secondary N) is 1. The highest BCUT2D eigenvalue weighted by molar-refractivity contribution is 9.10. The van der Waals surface area contributed by atoms with E-state index in [4.69, 9.17) is 5.11 Å². The molecule has 1 aliphatic carbocycles. The smallest absolute Gasteiger partial charge is 0.307 e. The Balaban J connectivity index is 2.06. The molecule has 1 aromatic rings. The van der Waals surface area contributed by atoms with Gasteiger partial charge in [-0.1, -0.05) is 6.92 Å². The highest BCUT2D eigenvalue weighted by atomic mass is 79.9. The summed E-state index contributed by atoms with van der Waals surface area (Å²) in [7, 11) is 0. The average molecular weight is 327 g/mol. The minimum absolute atomic E-state index is 0.235. The van der Waals surface area contributed by atoms with E-state index in [0.29, 0.717) is 23.1 Å². The maximum atomic E-state index is 12.1. The molecule has 0 aromatic carbocycles. The fourth-order valence-corrected chi connectivity index (χ4v) is 2.77. The maximum absolute atomic E-state index is 12.1. The van der Waals surface area contributed by atoms with Gasteiger partial charge in [-0.05, 0) is 46.8 Å². The van der Waals surface area contributed by atoms with Gasteiger partial charge < -0.3 is 10.4 Å². The monoisotopic (exact) mass is 326 g/mol. The maximum Gasteiger partial charge on any atom is 0.307 e. The molecule has 0 aliphatic heterocycles. The van der Waals surface area contributed by atoms with Crippen LogP contribution in [0.4, 0.5) is 5.69 Å². The predicted octanol–water partition coefficient (Wildman–Crippen LogP) is 2.53. The zero-order chi connectivity index (χ0) is 14.0. The van der Waals surface area contributed by atoms with Gasteiger partial charge in [0.05, 0.1) is 23.7 Å². The van der Waals surface area contributed by atoms with Crippen LogP contribution >= 0.6 is 15.9 Å². The number of carboxylic acid groups (broad SMARTS) is 1. The lowest BCUT2D eigenvalue weighted by molar-refractivity contribution is -0.145. The third-order valence-electron chi connectivity index (χ3n) is 3.45. The Morgan fingerprint density at radius 2 is 2.05 bits per heavy atom. The highest BCUT2D eigenvalue weighted by Crippen LogP contribution is 2.37. The van der Waals surface area contributed by atoms with Gasteiger partial charge in [0.1, 0.15) is 4.60 Å². The Bertz CT molecular complexity index is 489. The molecule has 0 saturated heterocycles. The molecule has 0 radical (unpaired) electrons. The molecule has 0 bridgehead atoms. The molecule has 19 heavy (non-hydrogen) atoms. The summed E-state index contributed by atoms with van der Waals surface area (Å²) < 4.78 is 0.684. The number of carbonyl (C=O) groups is 2. The number of pyridine rings is 1. The molecule has 1 heterocycles. The van der Waals surface area contributed by atoms with Crippen molar-refractivity contribution in [2.24, 2.45) is 17.8 Å². The van der Waals surface area contributed by atoms with Crippen LogP contribution in [0.25, 0.3) is 0 Å². The Morgan fingerprint density at radius 1 is 1.37 bits per heavy atom. The van der Waals surface area contributed by atoms with Crippen molar-refractivity contribution in [3.05, 3.63) is 22.9 Å². The van der Waals surface area contributed by atoms with Crippen molar-refractivity contribution in [1.29, 1.82) is 0 Å². The zero-order valence-corrected chi connectivity index (χ0v) is 12.1. The first kappa shape index (κ1) is 14.0. The van der Waals surface area contributed by atoms with Crippen LogP contribution in [0.1, 0.15) is 19.8 Å². The summed E-state index contributed by atoms with van der Waals surface area (Å²) >= 11 is 3.21. The van der Waals surface area contributed by atoms with Crippen LogP contribution in [0.3, 0.4) is 0 Å². The molecule has 1 aliphatic rings. The van der Waals surface area contributed by atoms with Crippen molar-refractivity contribution in [2.45, 2.75) is 19.8 Å².